The molecule has 2 aliphatic rings. The van der Waals surface area contributed by atoms with Crippen molar-refractivity contribution >= 4 is 23.7 Å². The van der Waals surface area contributed by atoms with E-state index in [-0.39, 0.29) is 17.9 Å². The Bertz CT molecular complexity index is 588. The summed E-state index contributed by atoms with van der Waals surface area (Å²) in [6, 6.07) is 0. The highest BCUT2D eigenvalue weighted by Crippen LogP contribution is 2.42. The SMILES string of the molecule is Cl.NC1(c2noc(-c3csc(C4CC4)n3)n2)CCC1. The monoisotopic (exact) mass is 298 g/mol. The lowest BCUT2D eigenvalue weighted by atomic mass is 9.77. The summed E-state index contributed by atoms with van der Waals surface area (Å²) in [4.78, 5) is 8.97. The van der Waals surface area contributed by atoms with Gasteiger partial charge in [-0.1, -0.05) is 5.16 Å². The van der Waals surface area contributed by atoms with Crippen LogP contribution in [0.3, 0.4) is 0 Å². The van der Waals surface area contributed by atoms with Crippen LogP contribution in [0.25, 0.3) is 11.6 Å². The molecule has 7 heteroatoms. The largest absolute Gasteiger partial charge is 0.332 e. The van der Waals surface area contributed by atoms with Crippen molar-refractivity contribution in [1.82, 2.24) is 15.1 Å². The Labute approximate surface area is 121 Å². The van der Waals surface area contributed by atoms with E-state index >= 15 is 0 Å². The normalized spacial score (nSPS) is 20.7. The molecule has 0 spiro atoms. The van der Waals surface area contributed by atoms with Gasteiger partial charge in [-0.05, 0) is 32.1 Å². The van der Waals surface area contributed by atoms with Gasteiger partial charge in [0.25, 0.3) is 5.89 Å². The fraction of sp³-hybridized carbons (Fsp3) is 0.583. The van der Waals surface area contributed by atoms with Crippen molar-refractivity contribution in [2.45, 2.75) is 43.6 Å². The van der Waals surface area contributed by atoms with Gasteiger partial charge in [-0.2, -0.15) is 4.98 Å². The molecule has 0 aromatic carbocycles. The number of halogens is 1. The van der Waals surface area contributed by atoms with Gasteiger partial charge in [0, 0.05) is 11.3 Å². The number of nitrogens with zero attached hydrogens (tertiary/aromatic N) is 3. The van der Waals surface area contributed by atoms with Crippen molar-refractivity contribution in [3.05, 3.63) is 16.2 Å². The fourth-order valence-corrected chi connectivity index (χ4v) is 3.18. The molecular formula is C12H15ClN4OS. The van der Waals surface area contributed by atoms with E-state index in [1.54, 1.807) is 11.3 Å². The highest BCUT2D eigenvalue weighted by Gasteiger charge is 2.39. The number of hydrogen-bond donors (Lipinski definition) is 1. The second-order valence-electron chi connectivity index (χ2n) is 5.28. The van der Waals surface area contributed by atoms with Crippen LogP contribution in [0.15, 0.2) is 9.90 Å². The summed E-state index contributed by atoms with van der Waals surface area (Å²) < 4.78 is 5.29. The van der Waals surface area contributed by atoms with Crippen molar-refractivity contribution < 1.29 is 4.52 Å². The van der Waals surface area contributed by atoms with Gasteiger partial charge in [0.05, 0.1) is 10.5 Å². The molecule has 2 N–H and O–H groups in total. The second-order valence-corrected chi connectivity index (χ2v) is 6.17. The lowest BCUT2D eigenvalue weighted by Gasteiger charge is -2.34. The van der Waals surface area contributed by atoms with E-state index in [0.717, 1.165) is 25.0 Å². The van der Waals surface area contributed by atoms with Gasteiger partial charge < -0.3 is 10.3 Å². The van der Waals surface area contributed by atoms with Gasteiger partial charge in [-0.15, -0.1) is 23.7 Å². The molecule has 0 amide bonds. The Kier molecular flexibility index (Phi) is 3.11. The minimum absolute atomic E-state index is 0. The van der Waals surface area contributed by atoms with E-state index in [0.29, 0.717) is 17.6 Å². The predicted molar refractivity (Wildman–Crippen MR) is 74.3 cm³/mol. The zero-order valence-corrected chi connectivity index (χ0v) is 12.0. The smallest absolute Gasteiger partial charge is 0.277 e. The van der Waals surface area contributed by atoms with E-state index in [1.807, 2.05) is 5.38 Å². The molecule has 0 radical (unpaired) electrons. The van der Waals surface area contributed by atoms with E-state index in [2.05, 4.69) is 15.1 Å². The highest BCUT2D eigenvalue weighted by atomic mass is 35.5. The lowest BCUT2D eigenvalue weighted by Crippen LogP contribution is -2.44. The van der Waals surface area contributed by atoms with E-state index in [4.69, 9.17) is 10.3 Å². The molecule has 0 saturated heterocycles. The number of hydrogen-bond acceptors (Lipinski definition) is 6. The molecule has 0 aliphatic heterocycles. The number of thiazole rings is 1. The standard InChI is InChI=1S/C12H14N4OS.ClH/c13-12(4-1-5-12)11-15-9(17-16-11)8-6-18-10(14-8)7-2-3-7;/h6-7H,1-5,13H2;1H. The first-order valence-corrected chi connectivity index (χ1v) is 7.21. The molecule has 2 fully saturated rings. The minimum Gasteiger partial charge on any atom is -0.332 e. The second kappa shape index (κ2) is 4.54. The van der Waals surface area contributed by atoms with Crippen molar-refractivity contribution in [3.63, 3.8) is 0 Å². The molecule has 2 aliphatic carbocycles. The van der Waals surface area contributed by atoms with Crippen LogP contribution in [-0.2, 0) is 5.54 Å². The quantitative estimate of drug-likeness (QED) is 0.942. The molecule has 2 saturated carbocycles. The molecule has 0 unspecified atom stereocenters. The van der Waals surface area contributed by atoms with Crippen LogP contribution in [0.2, 0.25) is 0 Å². The van der Waals surface area contributed by atoms with Crippen molar-refractivity contribution in [2.75, 3.05) is 0 Å². The molecule has 4 rings (SSSR count). The molecule has 0 bridgehead atoms. The Morgan fingerprint density at radius 2 is 2.11 bits per heavy atom. The third-order valence-electron chi connectivity index (χ3n) is 3.78. The topological polar surface area (TPSA) is 77.8 Å². The summed E-state index contributed by atoms with van der Waals surface area (Å²) in [7, 11) is 0. The van der Waals surface area contributed by atoms with Crippen molar-refractivity contribution in [3.8, 4) is 11.6 Å². The molecule has 102 valence electrons. The fourth-order valence-electron chi connectivity index (χ4n) is 2.21. The predicted octanol–water partition coefficient (Wildman–Crippen LogP) is 2.83. The maximum absolute atomic E-state index is 6.18. The minimum atomic E-state index is -0.364. The summed E-state index contributed by atoms with van der Waals surface area (Å²) >= 11 is 1.68. The molecule has 2 aromatic heterocycles. The van der Waals surface area contributed by atoms with Crippen molar-refractivity contribution in [1.29, 1.82) is 0 Å². The highest BCUT2D eigenvalue weighted by molar-refractivity contribution is 7.10. The average Bonchev–Trinajstić information content (AvgIpc) is 2.90. The van der Waals surface area contributed by atoms with Gasteiger partial charge in [0.15, 0.2) is 5.82 Å². The molecule has 5 nitrogen and oxygen atoms in total. The molecule has 19 heavy (non-hydrogen) atoms. The van der Waals surface area contributed by atoms with Crippen LogP contribution in [0.1, 0.15) is 48.9 Å². The van der Waals surface area contributed by atoms with Gasteiger partial charge in [-0.25, -0.2) is 4.98 Å². The lowest BCUT2D eigenvalue weighted by molar-refractivity contribution is 0.229. The van der Waals surface area contributed by atoms with Gasteiger partial charge in [0.2, 0.25) is 0 Å². The average molecular weight is 299 g/mol. The maximum atomic E-state index is 6.18. The van der Waals surface area contributed by atoms with E-state index < -0.39 is 0 Å². The zero-order chi connectivity index (χ0) is 12.2. The molecular weight excluding hydrogens is 284 g/mol. The van der Waals surface area contributed by atoms with Crippen LogP contribution >= 0.6 is 23.7 Å². The Balaban J connectivity index is 0.00000110. The number of nitrogens with two attached hydrogens (primary N) is 1. The first-order chi connectivity index (χ1) is 8.74. The van der Waals surface area contributed by atoms with Gasteiger partial charge in [0.1, 0.15) is 5.69 Å². The molecule has 0 atom stereocenters. The molecule has 2 heterocycles. The van der Waals surface area contributed by atoms with Crippen molar-refractivity contribution in [2.24, 2.45) is 5.73 Å². The van der Waals surface area contributed by atoms with Crippen LogP contribution < -0.4 is 5.73 Å². The van der Waals surface area contributed by atoms with Gasteiger partial charge in [-0.3, -0.25) is 0 Å². The maximum Gasteiger partial charge on any atom is 0.277 e. The summed E-state index contributed by atoms with van der Waals surface area (Å²) in [5, 5.41) is 7.20. The third-order valence-corrected chi connectivity index (χ3v) is 4.79. The first-order valence-electron chi connectivity index (χ1n) is 6.33. The summed E-state index contributed by atoms with van der Waals surface area (Å²) in [5.74, 6) is 1.80. The summed E-state index contributed by atoms with van der Waals surface area (Å²) in [5.41, 5.74) is 6.61. The zero-order valence-electron chi connectivity index (χ0n) is 10.3. The van der Waals surface area contributed by atoms with E-state index in [9.17, 15) is 0 Å². The third kappa shape index (κ3) is 2.17. The Morgan fingerprint density at radius 3 is 2.74 bits per heavy atom. The van der Waals surface area contributed by atoms with Gasteiger partial charge >= 0.3 is 0 Å². The first kappa shape index (κ1) is 13.0. The number of aromatic nitrogens is 3. The van der Waals surface area contributed by atoms with Crippen LogP contribution in [0.5, 0.6) is 0 Å². The Morgan fingerprint density at radius 1 is 1.32 bits per heavy atom. The van der Waals surface area contributed by atoms with E-state index in [1.165, 1.54) is 17.8 Å². The Hall–Kier alpha value is -0.980. The summed E-state index contributed by atoms with van der Waals surface area (Å²) in [6.07, 6.45) is 5.54. The summed E-state index contributed by atoms with van der Waals surface area (Å²) in [6.45, 7) is 0. The number of rotatable bonds is 3. The molecule has 2 aromatic rings. The van der Waals surface area contributed by atoms with Crippen LogP contribution in [0.4, 0.5) is 0 Å². The van der Waals surface area contributed by atoms with Crippen LogP contribution in [-0.4, -0.2) is 15.1 Å². The van der Waals surface area contributed by atoms with Crippen LogP contribution in [0, 0.1) is 0 Å².